The van der Waals surface area contributed by atoms with Crippen molar-refractivity contribution >= 4 is 18.5 Å². The fraction of sp³-hybridized carbons (Fsp3) is 0.150. The average molecular weight is 348 g/mol. The van der Waals surface area contributed by atoms with Crippen LogP contribution in [0, 0.1) is 17.0 Å². The molecule has 1 N–H and O–H groups in total. The third-order valence-corrected chi connectivity index (χ3v) is 4.29. The van der Waals surface area contributed by atoms with Gasteiger partial charge in [0.05, 0.1) is 21.7 Å². The van der Waals surface area contributed by atoms with Gasteiger partial charge in [0.2, 0.25) is 0 Å². The van der Waals surface area contributed by atoms with Gasteiger partial charge in [-0.1, -0.05) is 36.9 Å². The number of rotatable bonds is 5. The van der Waals surface area contributed by atoms with Crippen LogP contribution in [0.4, 0.5) is 5.69 Å². The molecule has 1 atom stereocenters. The van der Waals surface area contributed by atoms with Crippen molar-refractivity contribution < 1.29 is 4.92 Å². The Morgan fingerprint density at radius 1 is 1.19 bits per heavy atom. The molecule has 0 aliphatic heterocycles. The Balaban J connectivity index is 1.90. The minimum Gasteiger partial charge on any atom is -0.384 e. The third kappa shape index (κ3) is 3.49. The van der Waals surface area contributed by atoms with E-state index < -0.39 is 4.92 Å². The Morgan fingerprint density at radius 3 is 2.46 bits per heavy atom. The zero-order valence-electron chi connectivity index (χ0n) is 14.7. The number of hydrogen-bond donors (Lipinski definition) is 1. The van der Waals surface area contributed by atoms with Crippen LogP contribution in [0.25, 0.3) is 18.5 Å². The lowest BCUT2D eigenvalue weighted by molar-refractivity contribution is -0.384. The second-order valence-corrected chi connectivity index (χ2v) is 6.07. The van der Waals surface area contributed by atoms with Crippen molar-refractivity contribution in [3.63, 3.8) is 0 Å². The van der Waals surface area contributed by atoms with E-state index >= 15 is 0 Å². The first kappa shape index (κ1) is 17.4. The molecule has 1 unspecified atom stereocenters. The van der Waals surface area contributed by atoms with Crippen LogP contribution in [0.1, 0.15) is 24.2 Å². The van der Waals surface area contributed by atoms with Crippen molar-refractivity contribution in [3.05, 3.63) is 86.5 Å². The molecule has 0 fully saturated rings. The zero-order chi connectivity index (χ0) is 18.7. The summed E-state index contributed by atoms with van der Waals surface area (Å²) in [4.78, 5) is 10.4. The minimum atomic E-state index is -0.419. The topological polar surface area (TPSA) is 73.0 Å². The van der Waals surface area contributed by atoms with Crippen LogP contribution in [0.5, 0.6) is 0 Å². The zero-order valence-corrected chi connectivity index (χ0v) is 14.7. The number of nitro groups is 1. The number of nitrogens with one attached hydrogen (secondary N) is 1. The van der Waals surface area contributed by atoms with E-state index in [0.717, 1.165) is 21.9 Å². The molecule has 0 radical (unpaired) electrons. The summed E-state index contributed by atoms with van der Waals surface area (Å²) in [7, 11) is 0. The van der Waals surface area contributed by atoms with Crippen LogP contribution in [0.3, 0.4) is 0 Å². The lowest BCUT2D eigenvalue weighted by Crippen LogP contribution is -2.30. The summed E-state index contributed by atoms with van der Waals surface area (Å²) in [5.74, 6) is 0. The lowest BCUT2D eigenvalue weighted by atomic mass is 10.1. The maximum atomic E-state index is 10.8. The average Bonchev–Trinajstić information content (AvgIpc) is 2.94. The number of non-ortho nitro benzene ring substituents is 1. The molecule has 3 aromatic rings. The Hall–Kier alpha value is -3.41. The van der Waals surface area contributed by atoms with Crippen molar-refractivity contribution in [2.24, 2.45) is 0 Å². The molecule has 0 spiro atoms. The molecule has 6 nitrogen and oxygen atoms in total. The van der Waals surface area contributed by atoms with Crippen LogP contribution in [-0.2, 0) is 0 Å². The molecule has 0 amide bonds. The largest absolute Gasteiger partial charge is 0.384 e. The van der Waals surface area contributed by atoms with Gasteiger partial charge in [-0.2, -0.15) is 5.10 Å². The molecule has 1 heterocycles. The van der Waals surface area contributed by atoms with Gasteiger partial charge in [-0.25, -0.2) is 4.68 Å². The monoisotopic (exact) mass is 348 g/mol. The van der Waals surface area contributed by atoms with E-state index in [-0.39, 0.29) is 11.7 Å². The summed E-state index contributed by atoms with van der Waals surface area (Å²) < 4.78 is 1.69. The van der Waals surface area contributed by atoms with Gasteiger partial charge < -0.3 is 5.32 Å². The Bertz CT molecular complexity index is 1020. The summed E-state index contributed by atoms with van der Waals surface area (Å²) in [6.07, 6.45) is 1.92. The Kier molecular flexibility index (Phi) is 4.84. The lowest BCUT2D eigenvalue weighted by Gasteiger charge is -2.11. The Morgan fingerprint density at radius 2 is 1.85 bits per heavy atom. The normalized spacial score (nSPS) is 12.8. The SMILES string of the molecule is C=c1/c(=C\NC(C)c2ccccc2)c(C)nn1-c1ccc([N+](=O)[O-])cc1. The molecule has 3 rings (SSSR count). The Labute approximate surface area is 151 Å². The van der Waals surface area contributed by atoms with Gasteiger partial charge in [0, 0.05) is 29.6 Å². The summed E-state index contributed by atoms with van der Waals surface area (Å²) >= 11 is 0. The standard InChI is InChI=1S/C20H20N4O2/c1-14(17-7-5-4-6-8-17)21-13-20-15(2)22-23(16(20)3)18-9-11-19(12-10-18)24(25)26/h4-14,21H,3H2,1-2H3/b20-13-. The van der Waals surface area contributed by atoms with E-state index in [0.29, 0.717) is 0 Å². The highest BCUT2D eigenvalue weighted by Crippen LogP contribution is 2.13. The molecule has 0 aliphatic rings. The van der Waals surface area contributed by atoms with Gasteiger partial charge in [-0.05, 0) is 31.5 Å². The molecule has 0 bridgehead atoms. The van der Waals surface area contributed by atoms with Gasteiger partial charge in [0.15, 0.2) is 0 Å². The predicted octanol–water partition coefficient (Wildman–Crippen LogP) is 2.59. The fourth-order valence-corrected chi connectivity index (χ4v) is 2.75. The summed E-state index contributed by atoms with van der Waals surface area (Å²) in [6.45, 7) is 8.12. The van der Waals surface area contributed by atoms with Crippen LogP contribution in [0.2, 0.25) is 0 Å². The molecule has 26 heavy (non-hydrogen) atoms. The number of aromatic nitrogens is 2. The molecule has 132 valence electrons. The van der Waals surface area contributed by atoms with Crippen molar-refractivity contribution in [2.75, 3.05) is 0 Å². The van der Waals surface area contributed by atoms with Gasteiger partial charge in [-0.3, -0.25) is 10.1 Å². The van der Waals surface area contributed by atoms with Crippen molar-refractivity contribution in [2.45, 2.75) is 19.9 Å². The third-order valence-electron chi connectivity index (χ3n) is 4.29. The number of nitro benzene ring substituents is 1. The molecule has 2 aromatic carbocycles. The summed E-state index contributed by atoms with van der Waals surface area (Å²) in [5.41, 5.74) is 2.81. The van der Waals surface area contributed by atoms with E-state index in [1.165, 1.54) is 17.7 Å². The number of benzene rings is 2. The van der Waals surface area contributed by atoms with Crippen molar-refractivity contribution in [1.82, 2.24) is 15.1 Å². The highest BCUT2D eigenvalue weighted by molar-refractivity contribution is 5.41. The summed E-state index contributed by atoms with van der Waals surface area (Å²) in [6, 6.07) is 16.6. The molecule has 1 aromatic heterocycles. The first-order valence-electron chi connectivity index (χ1n) is 8.28. The fourth-order valence-electron chi connectivity index (χ4n) is 2.75. The van der Waals surface area contributed by atoms with Crippen LogP contribution in [0.15, 0.2) is 54.6 Å². The maximum Gasteiger partial charge on any atom is 0.269 e. The predicted molar refractivity (Wildman–Crippen MR) is 102 cm³/mol. The quantitative estimate of drug-likeness (QED) is 0.568. The van der Waals surface area contributed by atoms with E-state index in [1.807, 2.05) is 31.3 Å². The van der Waals surface area contributed by atoms with Crippen LogP contribution >= 0.6 is 0 Å². The molecular weight excluding hydrogens is 328 g/mol. The first-order chi connectivity index (χ1) is 12.5. The minimum absolute atomic E-state index is 0.0494. The molecular formula is C20H20N4O2. The van der Waals surface area contributed by atoms with Gasteiger partial charge in [0.1, 0.15) is 0 Å². The van der Waals surface area contributed by atoms with Crippen LogP contribution < -0.4 is 15.9 Å². The van der Waals surface area contributed by atoms with E-state index in [2.05, 4.69) is 36.1 Å². The van der Waals surface area contributed by atoms with E-state index in [4.69, 9.17) is 0 Å². The van der Waals surface area contributed by atoms with E-state index in [1.54, 1.807) is 16.8 Å². The second-order valence-electron chi connectivity index (χ2n) is 6.07. The second kappa shape index (κ2) is 7.23. The van der Waals surface area contributed by atoms with E-state index in [9.17, 15) is 10.1 Å². The highest BCUT2D eigenvalue weighted by atomic mass is 16.6. The van der Waals surface area contributed by atoms with Gasteiger partial charge in [0.25, 0.3) is 5.69 Å². The highest BCUT2D eigenvalue weighted by Gasteiger charge is 2.08. The molecule has 0 saturated carbocycles. The molecule has 0 saturated heterocycles. The first-order valence-corrected chi connectivity index (χ1v) is 8.28. The number of nitrogens with zero attached hydrogens (tertiary/aromatic N) is 3. The van der Waals surface area contributed by atoms with Crippen molar-refractivity contribution in [3.8, 4) is 5.69 Å². The van der Waals surface area contributed by atoms with Crippen molar-refractivity contribution in [1.29, 1.82) is 0 Å². The number of aryl methyl sites for hydroxylation is 1. The van der Waals surface area contributed by atoms with Crippen LogP contribution in [-0.4, -0.2) is 14.7 Å². The van der Waals surface area contributed by atoms with Gasteiger partial charge >= 0.3 is 0 Å². The number of hydrogen-bond acceptors (Lipinski definition) is 4. The summed E-state index contributed by atoms with van der Waals surface area (Å²) in [5, 5.41) is 20.3. The maximum absolute atomic E-state index is 10.8. The van der Waals surface area contributed by atoms with Gasteiger partial charge in [-0.15, -0.1) is 0 Å². The molecule has 0 aliphatic carbocycles. The molecule has 6 heteroatoms. The smallest absolute Gasteiger partial charge is 0.269 e.